The molecule has 0 unspecified atom stereocenters. The van der Waals surface area contributed by atoms with Crippen molar-refractivity contribution in [1.29, 1.82) is 0 Å². The Balaban J connectivity index is 0. The van der Waals surface area contributed by atoms with Gasteiger partial charge in [0.1, 0.15) is 0 Å². The Hall–Kier alpha value is -0.610. The normalized spacial score (nSPS) is 9.70. The van der Waals surface area contributed by atoms with E-state index < -0.39 is 5.97 Å². The molecular formula is C6H14NO3-. The van der Waals surface area contributed by atoms with Crippen molar-refractivity contribution in [3.05, 3.63) is 0 Å². The van der Waals surface area contributed by atoms with Crippen molar-refractivity contribution in [2.45, 2.75) is 33.2 Å². The Morgan fingerprint density at radius 1 is 1.50 bits per heavy atom. The SMILES string of the molecule is CC(=O)[O-].CC(C)(C)NO. The first-order valence-corrected chi connectivity index (χ1v) is 2.88. The van der Waals surface area contributed by atoms with Crippen molar-refractivity contribution in [3.8, 4) is 0 Å². The number of hydrogen-bond donors (Lipinski definition) is 2. The lowest BCUT2D eigenvalue weighted by molar-refractivity contribution is -0.302. The lowest BCUT2D eigenvalue weighted by Crippen LogP contribution is -2.32. The lowest BCUT2D eigenvalue weighted by atomic mass is 10.1. The summed E-state index contributed by atoms with van der Waals surface area (Å²) in [4.78, 5) is 8.89. The second kappa shape index (κ2) is 5.20. The van der Waals surface area contributed by atoms with Crippen LogP contribution in [0.5, 0.6) is 0 Å². The van der Waals surface area contributed by atoms with Crippen LogP contribution in [0, 0.1) is 0 Å². The minimum atomic E-state index is -1.08. The van der Waals surface area contributed by atoms with Gasteiger partial charge in [0.2, 0.25) is 0 Å². The molecule has 0 aromatic heterocycles. The molecular weight excluding hydrogens is 134 g/mol. The summed E-state index contributed by atoms with van der Waals surface area (Å²) in [7, 11) is 0. The quantitative estimate of drug-likeness (QED) is 0.455. The van der Waals surface area contributed by atoms with Crippen LogP contribution in [-0.2, 0) is 4.79 Å². The zero-order valence-electron chi connectivity index (χ0n) is 6.76. The molecule has 0 spiro atoms. The highest BCUT2D eigenvalue weighted by Crippen LogP contribution is 1.93. The van der Waals surface area contributed by atoms with Crippen LogP contribution >= 0.6 is 0 Å². The Morgan fingerprint density at radius 3 is 1.60 bits per heavy atom. The van der Waals surface area contributed by atoms with E-state index in [-0.39, 0.29) is 5.54 Å². The van der Waals surface area contributed by atoms with Crippen molar-refractivity contribution in [2.24, 2.45) is 0 Å². The summed E-state index contributed by atoms with van der Waals surface area (Å²) in [5, 5.41) is 17.0. The first-order chi connectivity index (χ1) is 4.29. The van der Waals surface area contributed by atoms with E-state index in [0.717, 1.165) is 6.92 Å². The molecule has 0 atom stereocenters. The Kier molecular flexibility index (Phi) is 6.29. The number of aliphatic carboxylic acids is 1. The first-order valence-electron chi connectivity index (χ1n) is 2.88. The molecule has 4 heteroatoms. The second-order valence-electron chi connectivity index (χ2n) is 2.85. The lowest BCUT2D eigenvalue weighted by Gasteiger charge is -2.13. The number of nitrogens with one attached hydrogen (secondary N) is 1. The third-order valence-corrected chi connectivity index (χ3v) is 0.335. The smallest absolute Gasteiger partial charge is 0.0383 e. The molecule has 2 N–H and O–H groups in total. The molecule has 0 amide bonds. The molecule has 0 fully saturated rings. The third-order valence-electron chi connectivity index (χ3n) is 0.335. The zero-order valence-corrected chi connectivity index (χ0v) is 6.76. The van der Waals surface area contributed by atoms with Gasteiger partial charge in [-0.05, 0) is 27.7 Å². The Labute approximate surface area is 60.8 Å². The largest absolute Gasteiger partial charge is 0.550 e. The molecule has 0 aliphatic heterocycles. The average molecular weight is 148 g/mol. The van der Waals surface area contributed by atoms with Gasteiger partial charge in [0.05, 0.1) is 0 Å². The minimum absolute atomic E-state index is 0.153. The topological polar surface area (TPSA) is 72.4 Å². The molecule has 62 valence electrons. The third kappa shape index (κ3) is 52.8. The van der Waals surface area contributed by atoms with Gasteiger partial charge in [-0.25, -0.2) is 5.48 Å². The van der Waals surface area contributed by atoms with Crippen molar-refractivity contribution < 1.29 is 15.1 Å². The van der Waals surface area contributed by atoms with E-state index in [9.17, 15) is 0 Å². The van der Waals surface area contributed by atoms with Crippen LogP contribution in [0.3, 0.4) is 0 Å². The minimum Gasteiger partial charge on any atom is -0.550 e. The summed E-state index contributed by atoms with van der Waals surface area (Å²) in [6, 6.07) is 0. The molecule has 0 saturated carbocycles. The van der Waals surface area contributed by atoms with Gasteiger partial charge in [-0.3, -0.25) is 0 Å². The van der Waals surface area contributed by atoms with Crippen LogP contribution < -0.4 is 10.6 Å². The van der Waals surface area contributed by atoms with Crippen LogP contribution in [-0.4, -0.2) is 16.7 Å². The summed E-state index contributed by atoms with van der Waals surface area (Å²) in [5.74, 6) is -1.08. The fourth-order valence-corrected chi connectivity index (χ4v) is 0. The van der Waals surface area contributed by atoms with Gasteiger partial charge in [-0.1, -0.05) is 0 Å². The number of carbonyl (C=O) groups is 1. The highest BCUT2D eigenvalue weighted by atomic mass is 16.5. The molecule has 10 heavy (non-hydrogen) atoms. The molecule has 0 aliphatic rings. The van der Waals surface area contributed by atoms with E-state index in [1.54, 1.807) is 0 Å². The summed E-state index contributed by atoms with van der Waals surface area (Å²) < 4.78 is 0. The fraction of sp³-hybridized carbons (Fsp3) is 0.833. The molecule has 0 saturated heterocycles. The molecule has 0 rings (SSSR count). The van der Waals surface area contributed by atoms with Gasteiger partial charge < -0.3 is 15.1 Å². The average Bonchev–Trinajstić information content (AvgIpc) is 1.63. The maximum atomic E-state index is 8.89. The molecule has 0 heterocycles. The predicted molar refractivity (Wildman–Crippen MR) is 35.4 cm³/mol. The molecule has 0 bridgehead atoms. The van der Waals surface area contributed by atoms with Gasteiger partial charge in [-0.15, -0.1) is 0 Å². The van der Waals surface area contributed by atoms with E-state index in [1.165, 1.54) is 0 Å². The highest BCUT2D eigenvalue weighted by molar-refractivity contribution is 5.60. The molecule has 0 aliphatic carbocycles. The Morgan fingerprint density at radius 2 is 1.60 bits per heavy atom. The van der Waals surface area contributed by atoms with Crippen LogP contribution in [0.4, 0.5) is 0 Å². The number of hydroxylamine groups is 1. The molecule has 0 radical (unpaired) electrons. The van der Waals surface area contributed by atoms with Crippen LogP contribution in [0.2, 0.25) is 0 Å². The predicted octanol–water partition coefficient (Wildman–Crippen LogP) is -0.480. The molecule has 4 nitrogen and oxygen atoms in total. The first kappa shape index (κ1) is 12.1. The summed E-state index contributed by atoms with van der Waals surface area (Å²) >= 11 is 0. The van der Waals surface area contributed by atoms with Gasteiger partial charge in [0.15, 0.2) is 0 Å². The molecule has 0 aromatic rings. The highest BCUT2D eigenvalue weighted by Gasteiger charge is 2.03. The summed E-state index contributed by atoms with van der Waals surface area (Å²) in [5.41, 5.74) is 1.95. The number of carboxylic acids is 1. The van der Waals surface area contributed by atoms with Gasteiger partial charge >= 0.3 is 0 Å². The van der Waals surface area contributed by atoms with Gasteiger partial charge in [0.25, 0.3) is 0 Å². The van der Waals surface area contributed by atoms with E-state index in [2.05, 4.69) is 5.48 Å². The number of rotatable bonds is 0. The summed E-state index contributed by atoms with van der Waals surface area (Å²) in [6.07, 6.45) is 0. The second-order valence-corrected chi connectivity index (χ2v) is 2.85. The standard InChI is InChI=1S/C4H11NO.C2H4O2/c1-4(2,3)5-6;1-2(3)4/h5-6H,1-3H3;1H3,(H,3,4)/p-1. The van der Waals surface area contributed by atoms with Gasteiger partial charge in [-0.2, -0.15) is 0 Å². The van der Waals surface area contributed by atoms with E-state index in [4.69, 9.17) is 15.1 Å². The van der Waals surface area contributed by atoms with E-state index in [0.29, 0.717) is 0 Å². The van der Waals surface area contributed by atoms with Crippen molar-refractivity contribution >= 4 is 5.97 Å². The maximum absolute atomic E-state index is 8.89. The summed E-state index contributed by atoms with van der Waals surface area (Å²) in [6.45, 7) is 6.62. The van der Waals surface area contributed by atoms with Crippen molar-refractivity contribution in [2.75, 3.05) is 0 Å². The van der Waals surface area contributed by atoms with Crippen LogP contribution in [0.15, 0.2) is 0 Å². The van der Waals surface area contributed by atoms with Crippen molar-refractivity contribution in [1.82, 2.24) is 5.48 Å². The number of carboxylic acid groups (broad SMARTS) is 1. The maximum Gasteiger partial charge on any atom is 0.0383 e. The van der Waals surface area contributed by atoms with Gasteiger partial charge in [0, 0.05) is 11.5 Å². The van der Waals surface area contributed by atoms with E-state index in [1.807, 2.05) is 20.8 Å². The Bertz CT molecular complexity index is 91.7. The fourth-order valence-electron chi connectivity index (χ4n) is 0. The monoisotopic (exact) mass is 148 g/mol. The number of carbonyl (C=O) groups excluding carboxylic acids is 1. The molecule has 0 aromatic carbocycles. The zero-order chi connectivity index (χ0) is 8.78. The van der Waals surface area contributed by atoms with E-state index >= 15 is 0 Å². The van der Waals surface area contributed by atoms with Crippen molar-refractivity contribution in [3.63, 3.8) is 0 Å². The number of hydrogen-bond acceptors (Lipinski definition) is 4. The van der Waals surface area contributed by atoms with Crippen LogP contribution in [0.1, 0.15) is 27.7 Å². The van der Waals surface area contributed by atoms with Crippen LogP contribution in [0.25, 0.3) is 0 Å².